The molecule has 0 heterocycles. The maximum Gasteiger partial charge on any atom is 0.217 e. The minimum absolute atomic E-state index is 0.0865. The summed E-state index contributed by atoms with van der Waals surface area (Å²) in [6, 6.07) is 17.1. The van der Waals surface area contributed by atoms with Crippen LogP contribution in [-0.4, -0.2) is 24.2 Å². The molecular formula is C26H28FNO4. The van der Waals surface area contributed by atoms with E-state index in [1.165, 1.54) is 12.1 Å². The van der Waals surface area contributed by atoms with Gasteiger partial charge in [-0.25, -0.2) is 4.39 Å². The van der Waals surface area contributed by atoms with Crippen molar-refractivity contribution in [2.75, 3.05) is 13.2 Å². The first kappa shape index (κ1) is 23.1. The van der Waals surface area contributed by atoms with Crippen LogP contribution in [0, 0.1) is 5.82 Å². The zero-order chi connectivity index (χ0) is 22.9. The molecule has 0 aliphatic carbocycles. The van der Waals surface area contributed by atoms with Gasteiger partial charge in [0.2, 0.25) is 5.91 Å². The van der Waals surface area contributed by atoms with Crippen molar-refractivity contribution in [3.63, 3.8) is 0 Å². The van der Waals surface area contributed by atoms with Crippen LogP contribution in [0.5, 0.6) is 17.2 Å². The zero-order valence-electron chi connectivity index (χ0n) is 18.1. The molecule has 0 aliphatic rings. The quantitative estimate of drug-likeness (QED) is 0.413. The van der Waals surface area contributed by atoms with E-state index in [1.807, 2.05) is 37.3 Å². The van der Waals surface area contributed by atoms with E-state index >= 15 is 0 Å². The summed E-state index contributed by atoms with van der Waals surface area (Å²) in [7, 11) is 0. The number of ether oxygens (including phenoxy) is 2. The van der Waals surface area contributed by atoms with Gasteiger partial charge >= 0.3 is 0 Å². The van der Waals surface area contributed by atoms with Crippen LogP contribution in [-0.2, 0) is 17.6 Å². The van der Waals surface area contributed by atoms with Gasteiger partial charge in [0.05, 0.1) is 13.2 Å². The van der Waals surface area contributed by atoms with Crippen LogP contribution in [0.2, 0.25) is 0 Å². The molecule has 0 fully saturated rings. The molecule has 0 bridgehead atoms. The highest BCUT2D eigenvalue weighted by atomic mass is 19.1. The van der Waals surface area contributed by atoms with Gasteiger partial charge in [-0.2, -0.15) is 0 Å². The molecule has 32 heavy (non-hydrogen) atoms. The second-order valence-corrected chi connectivity index (χ2v) is 7.46. The Kier molecular flexibility index (Phi) is 8.08. The van der Waals surface area contributed by atoms with E-state index in [2.05, 4.69) is 0 Å². The first-order valence-corrected chi connectivity index (χ1v) is 10.7. The highest BCUT2D eigenvalue weighted by molar-refractivity contribution is 5.74. The van der Waals surface area contributed by atoms with Gasteiger partial charge in [-0.3, -0.25) is 4.79 Å². The molecule has 0 saturated heterocycles. The number of phenols is 1. The van der Waals surface area contributed by atoms with E-state index in [-0.39, 0.29) is 23.9 Å². The van der Waals surface area contributed by atoms with Crippen molar-refractivity contribution < 1.29 is 23.8 Å². The van der Waals surface area contributed by atoms with E-state index in [4.69, 9.17) is 15.2 Å². The number of carbonyl (C=O) groups is 1. The Labute approximate surface area is 187 Å². The molecule has 0 radical (unpaired) electrons. The molecule has 0 unspecified atom stereocenters. The Morgan fingerprint density at radius 3 is 2.34 bits per heavy atom. The monoisotopic (exact) mass is 437 g/mol. The lowest BCUT2D eigenvalue weighted by molar-refractivity contribution is -0.117. The second-order valence-electron chi connectivity index (χ2n) is 7.46. The normalized spacial score (nSPS) is 10.7. The van der Waals surface area contributed by atoms with Crippen molar-refractivity contribution in [3.05, 3.63) is 77.6 Å². The van der Waals surface area contributed by atoms with E-state index in [1.54, 1.807) is 18.2 Å². The number of hydrogen-bond donors (Lipinski definition) is 2. The van der Waals surface area contributed by atoms with Gasteiger partial charge in [-0.15, -0.1) is 0 Å². The molecule has 3 N–H and O–H groups in total. The van der Waals surface area contributed by atoms with Crippen molar-refractivity contribution in [1.82, 2.24) is 0 Å². The second kappa shape index (κ2) is 11.2. The Hall–Kier alpha value is -3.54. The summed E-state index contributed by atoms with van der Waals surface area (Å²) in [4.78, 5) is 11.0. The van der Waals surface area contributed by atoms with E-state index < -0.39 is 0 Å². The molecule has 3 aromatic rings. The fourth-order valence-electron chi connectivity index (χ4n) is 3.42. The summed E-state index contributed by atoms with van der Waals surface area (Å²) >= 11 is 0. The molecular weight excluding hydrogens is 409 g/mol. The SMILES string of the molecule is CCc1cc(-c2ccc(F)cc2)c(O)cc1OCCCOc1ccccc1CCC(N)=O. The predicted molar refractivity (Wildman–Crippen MR) is 122 cm³/mol. The third-order valence-corrected chi connectivity index (χ3v) is 5.13. The van der Waals surface area contributed by atoms with Crippen LogP contribution in [0.4, 0.5) is 4.39 Å². The number of phenolic OH excluding ortho intramolecular Hbond substituents is 1. The highest BCUT2D eigenvalue weighted by Crippen LogP contribution is 2.36. The number of primary amides is 1. The molecule has 0 aliphatic heterocycles. The van der Waals surface area contributed by atoms with Gasteiger partial charge in [0.1, 0.15) is 23.1 Å². The predicted octanol–water partition coefficient (Wildman–Crippen LogP) is 5.03. The summed E-state index contributed by atoms with van der Waals surface area (Å²) in [5.41, 5.74) is 8.53. The summed E-state index contributed by atoms with van der Waals surface area (Å²) < 4.78 is 25.0. The minimum atomic E-state index is -0.339. The van der Waals surface area contributed by atoms with Crippen LogP contribution in [0.3, 0.4) is 0 Å². The number of amides is 1. The number of aromatic hydroxyl groups is 1. The van der Waals surface area contributed by atoms with E-state index in [0.29, 0.717) is 37.4 Å². The topological polar surface area (TPSA) is 81.8 Å². The van der Waals surface area contributed by atoms with Crippen LogP contribution < -0.4 is 15.2 Å². The first-order valence-electron chi connectivity index (χ1n) is 10.7. The highest BCUT2D eigenvalue weighted by Gasteiger charge is 2.12. The van der Waals surface area contributed by atoms with Crippen molar-refractivity contribution >= 4 is 5.91 Å². The molecule has 0 aromatic heterocycles. The molecule has 3 rings (SSSR count). The van der Waals surface area contributed by atoms with Gasteiger partial charge in [0.15, 0.2) is 0 Å². The van der Waals surface area contributed by atoms with Gasteiger partial charge in [0.25, 0.3) is 0 Å². The van der Waals surface area contributed by atoms with Crippen LogP contribution in [0.25, 0.3) is 11.1 Å². The van der Waals surface area contributed by atoms with Gasteiger partial charge < -0.3 is 20.3 Å². The lowest BCUT2D eigenvalue weighted by Crippen LogP contribution is -2.12. The molecule has 6 heteroatoms. The minimum Gasteiger partial charge on any atom is -0.507 e. The van der Waals surface area contributed by atoms with Gasteiger partial charge in [-0.05, 0) is 53.8 Å². The fourth-order valence-corrected chi connectivity index (χ4v) is 3.42. The van der Waals surface area contributed by atoms with Crippen molar-refractivity contribution in [1.29, 1.82) is 0 Å². The van der Waals surface area contributed by atoms with Gasteiger partial charge in [0, 0.05) is 24.5 Å². The van der Waals surface area contributed by atoms with Crippen molar-refractivity contribution in [2.45, 2.75) is 32.6 Å². The summed E-state index contributed by atoms with van der Waals surface area (Å²) in [6.45, 7) is 2.89. The Balaban J connectivity index is 1.57. The summed E-state index contributed by atoms with van der Waals surface area (Å²) in [5, 5.41) is 10.5. The Bertz CT molecular complexity index is 1050. The molecule has 5 nitrogen and oxygen atoms in total. The third kappa shape index (κ3) is 6.23. The molecule has 1 amide bonds. The third-order valence-electron chi connectivity index (χ3n) is 5.13. The first-order chi connectivity index (χ1) is 15.5. The van der Waals surface area contributed by atoms with Crippen LogP contribution >= 0.6 is 0 Å². The molecule has 0 spiro atoms. The lowest BCUT2D eigenvalue weighted by Gasteiger charge is -2.15. The Morgan fingerprint density at radius 2 is 1.66 bits per heavy atom. The number of nitrogens with two attached hydrogens (primary N) is 1. The van der Waals surface area contributed by atoms with Crippen LogP contribution in [0.15, 0.2) is 60.7 Å². The number of halogens is 1. The largest absolute Gasteiger partial charge is 0.507 e. The number of hydrogen-bond acceptors (Lipinski definition) is 4. The maximum atomic E-state index is 13.2. The average Bonchev–Trinajstić information content (AvgIpc) is 2.79. The summed E-state index contributed by atoms with van der Waals surface area (Å²) in [5.74, 6) is 0.792. The van der Waals surface area contributed by atoms with Crippen molar-refractivity contribution in [2.24, 2.45) is 5.73 Å². The molecule has 0 atom stereocenters. The number of benzene rings is 3. The number of para-hydroxylation sites is 1. The smallest absolute Gasteiger partial charge is 0.217 e. The number of rotatable bonds is 11. The molecule has 3 aromatic carbocycles. The number of carbonyl (C=O) groups excluding carboxylic acids is 1. The van der Waals surface area contributed by atoms with Crippen molar-refractivity contribution in [3.8, 4) is 28.4 Å². The average molecular weight is 438 g/mol. The van der Waals surface area contributed by atoms with E-state index in [9.17, 15) is 14.3 Å². The van der Waals surface area contributed by atoms with E-state index in [0.717, 1.165) is 28.9 Å². The molecule has 168 valence electrons. The number of aryl methyl sites for hydroxylation is 2. The maximum absolute atomic E-state index is 13.2. The lowest BCUT2D eigenvalue weighted by atomic mass is 10.00. The summed E-state index contributed by atoms with van der Waals surface area (Å²) in [6.07, 6.45) is 2.20. The molecule has 0 saturated carbocycles. The standard InChI is InChI=1S/C26H28FNO4/c1-2-18-16-22(19-8-11-21(27)12-9-19)23(29)17-25(18)32-15-5-14-31-24-7-4-3-6-20(24)10-13-26(28)30/h3-4,6-9,11-12,16-17,29H,2,5,10,13-15H2,1H3,(H2,28,30). The fraction of sp³-hybridized carbons (Fsp3) is 0.269. The zero-order valence-corrected chi connectivity index (χ0v) is 18.1. The van der Waals surface area contributed by atoms with Crippen LogP contribution in [0.1, 0.15) is 30.9 Å². The van der Waals surface area contributed by atoms with Gasteiger partial charge in [-0.1, -0.05) is 37.3 Å². The Morgan fingerprint density at radius 1 is 0.969 bits per heavy atom.